The van der Waals surface area contributed by atoms with Crippen LogP contribution in [0, 0.1) is 13.8 Å². The number of hydrogen-bond acceptors (Lipinski definition) is 3. The summed E-state index contributed by atoms with van der Waals surface area (Å²) < 4.78 is 0. The molecule has 3 aromatic carbocycles. The molecule has 1 unspecified atom stereocenters. The van der Waals surface area contributed by atoms with Gasteiger partial charge in [0.05, 0.1) is 0 Å². The van der Waals surface area contributed by atoms with Crippen LogP contribution in [0.15, 0.2) is 118 Å². The van der Waals surface area contributed by atoms with E-state index in [1.54, 1.807) is 25.6 Å². The molecular weight excluding hydrogens is 532 g/mol. The third-order valence-corrected chi connectivity index (χ3v) is 9.43. The largest absolute Gasteiger partial charge is 0.295 e. The fourth-order valence-electron chi connectivity index (χ4n) is 6.06. The molecule has 0 aliphatic heterocycles. The minimum Gasteiger partial charge on any atom is -0.295 e. The Balaban J connectivity index is 1.36. The van der Waals surface area contributed by atoms with Gasteiger partial charge in [-0.15, -0.1) is 0 Å². The van der Waals surface area contributed by atoms with Crippen molar-refractivity contribution < 1.29 is 9.59 Å². The highest BCUT2D eigenvalue weighted by Crippen LogP contribution is 2.39. The van der Waals surface area contributed by atoms with E-state index in [-0.39, 0.29) is 11.6 Å². The summed E-state index contributed by atoms with van der Waals surface area (Å²) in [5, 5.41) is 0. The maximum atomic E-state index is 11.7. The lowest BCUT2D eigenvalue weighted by atomic mass is 9.81. The Morgan fingerprint density at radius 2 is 1.43 bits per heavy atom. The Morgan fingerprint density at radius 1 is 0.714 bits per heavy atom. The van der Waals surface area contributed by atoms with Crippen LogP contribution in [-0.2, 0) is 17.6 Å². The summed E-state index contributed by atoms with van der Waals surface area (Å²) in [6, 6.07) is 24.1. The van der Waals surface area contributed by atoms with Crippen LogP contribution in [0.5, 0.6) is 0 Å². The van der Waals surface area contributed by atoms with Crippen molar-refractivity contribution >= 4 is 23.3 Å². The van der Waals surface area contributed by atoms with Gasteiger partial charge in [0.2, 0.25) is 0 Å². The van der Waals surface area contributed by atoms with Gasteiger partial charge in [-0.25, -0.2) is 0 Å². The number of hydrogen-bond donors (Lipinski definition) is 0. The molecule has 0 radical (unpaired) electrons. The molecule has 0 bridgehead atoms. The predicted molar refractivity (Wildman–Crippen MR) is 176 cm³/mol. The highest BCUT2D eigenvalue weighted by molar-refractivity contribution is 8.03. The first-order valence-corrected chi connectivity index (χ1v) is 15.8. The van der Waals surface area contributed by atoms with E-state index in [2.05, 4.69) is 74.5 Å². The van der Waals surface area contributed by atoms with Crippen LogP contribution in [0.4, 0.5) is 0 Å². The van der Waals surface area contributed by atoms with Crippen LogP contribution in [0.1, 0.15) is 83.6 Å². The molecule has 5 rings (SSSR count). The molecule has 42 heavy (non-hydrogen) atoms. The zero-order valence-electron chi connectivity index (χ0n) is 25.2. The SMILES string of the molecule is CC(=O)C1=CC=C(Cc2ccc(C(Cc3cc(C)cc(C)c3)C3=CC=C(Sc4ccc(C(C)=O)cc4)CC3)cc2)CC1. The third-order valence-electron chi connectivity index (χ3n) is 8.32. The standard InChI is InChI=1S/C39H40O2S/c1-26-21-27(2)23-32(22-26)25-39(35-11-7-31(8-12-35)24-30-5-9-33(10-6-30)28(3)40)36-15-19-38(20-16-36)42-37-17-13-34(14-18-37)29(4)41/h5,7-9,11-15,17-19,21-23,39H,6,10,16,20,24-25H2,1-4H3. The van der Waals surface area contributed by atoms with Crippen molar-refractivity contribution in [2.75, 3.05) is 0 Å². The number of aryl methyl sites for hydroxylation is 2. The number of rotatable bonds is 10. The number of benzene rings is 3. The van der Waals surface area contributed by atoms with Crippen molar-refractivity contribution in [1.82, 2.24) is 0 Å². The van der Waals surface area contributed by atoms with Crippen LogP contribution in [0.3, 0.4) is 0 Å². The van der Waals surface area contributed by atoms with E-state index in [9.17, 15) is 9.59 Å². The van der Waals surface area contributed by atoms with E-state index in [0.29, 0.717) is 5.92 Å². The van der Waals surface area contributed by atoms with E-state index in [4.69, 9.17) is 0 Å². The van der Waals surface area contributed by atoms with Gasteiger partial charge < -0.3 is 0 Å². The average molecular weight is 573 g/mol. The van der Waals surface area contributed by atoms with Crippen molar-refractivity contribution in [2.45, 2.75) is 77.0 Å². The van der Waals surface area contributed by atoms with Gasteiger partial charge in [-0.2, -0.15) is 0 Å². The number of thioether (sulfide) groups is 1. The molecule has 0 saturated carbocycles. The minimum atomic E-state index is 0.102. The van der Waals surface area contributed by atoms with Crippen LogP contribution in [0.25, 0.3) is 0 Å². The second-order valence-corrected chi connectivity index (χ2v) is 13.0. The number of allylic oxidation sites excluding steroid dienone is 8. The molecule has 0 N–H and O–H groups in total. The molecule has 3 heteroatoms. The first-order valence-electron chi connectivity index (χ1n) is 15.0. The molecule has 0 saturated heterocycles. The number of ketones is 2. The summed E-state index contributed by atoms with van der Waals surface area (Å²) in [6.45, 7) is 7.63. The number of Topliss-reactive ketones (excluding diaryl/α,β-unsaturated/α-hetero) is 2. The van der Waals surface area contributed by atoms with E-state index in [0.717, 1.165) is 49.7 Å². The molecular formula is C39H40O2S. The fraction of sp³-hybridized carbons (Fsp3) is 0.282. The monoisotopic (exact) mass is 572 g/mol. The van der Waals surface area contributed by atoms with E-state index >= 15 is 0 Å². The van der Waals surface area contributed by atoms with Crippen molar-refractivity contribution in [3.8, 4) is 0 Å². The van der Waals surface area contributed by atoms with Gasteiger partial charge in [0.1, 0.15) is 0 Å². The summed E-state index contributed by atoms with van der Waals surface area (Å²) in [4.78, 5) is 25.8. The Hall–Kier alpha value is -3.69. The molecule has 0 heterocycles. The minimum absolute atomic E-state index is 0.102. The molecule has 2 aliphatic rings. The summed E-state index contributed by atoms with van der Waals surface area (Å²) >= 11 is 1.80. The normalized spacial score (nSPS) is 15.7. The average Bonchev–Trinajstić information content (AvgIpc) is 2.97. The maximum Gasteiger partial charge on any atom is 0.159 e. The van der Waals surface area contributed by atoms with E-state index in [1.807, 2.05) is 30.3 Å². The van der Waals surface area contributed by atoms with E-state index in [1.165, 1.54) is 48.8 Å². The van der Waals surface area contributed by atoms with Gasteiger partial charge in [0.15, 0.2) is 11.6 Å². The molecule has 2 aliphatic carbocycles. The van der Waals surface area contributed by atoms with Gasteiger partial charge in [-0.3, -0.25) is 9.59 Å². The van der Waals surface area contributed by atoms with Crippen molar-refractivity contribution in [2.24, 2.45) is 0 Å². The highest BCUT2D eigenvalue weighted by atomic mass is 32.2. The van der Waals surface area contributed by atoms with Gasteiger partial charge in [0.25, 0.3) is 0 Å². The van der Waals surface area contributed by atoms with Gasteiger partial charge in [-0.1, -0.05) is 113 Å². The summed E-state index contributed by atoms with van der Waals surface area (Å²) in [5.41, 5.74) is 11.3. The highest BCUT2D eigenvalue weighted by Gasteiger charge is 2.21. The second-order valence-electron chi connectivity index (χ2n) is 11.8. The Kier molecular flexibility index (Phi) is 9.59. The van der Waals surface area contributed by atoms with E-state index < -0.39 is 0 Å². The molecule has 214 valence electrons. The molecule has 0 fully saturated rings. The molecule has 0 spiro atoms. The smallest absolute Gasteiger partial charge is 0.159 e. The van der Waals surface area contributed by atoms with Crippen LogP contribution in [0.2, 0.25) is 0 Å². The van der Waals surface area contributed by atoms with Crippen molar-refractivity contribution in [1.29, 1.82) is 0 Å². The molecule has 0 amide bonds. The van der Waals surface area contributed by atoms with Gasteiger partial charge in [0, 0.05) is 16.4 Å². The number of carbonyl (C=O) groups is 2. The zero-order valence-corrected chi connectivity index (χ0v) is 26.0. The Labute approximate surface area is 255 Å². The molecule has 3 aromatic rings. The fourth-order valence-corrected chi connectivity index (χ4v) is 6.97. The van der Waals surface area contributed by atoms with Crippen LogP contribution < -0.4 is 0 Å². The lowest BCUT2D eigenvalue weighted by molar-refractivity contribution is -0.113. The van der Waals surface area contributed by atoms with Crippen molar-refractivity contribution in [3.05, 3.63) is 146 Å². The zero-order chi connectivity index (χ0) is 29.6. The summed E-state index contributed by atoms with van der Waals surface area (Å²) in [5.74, 6) is 0.614. The first-order chi connectivity index (χ1) is 20.2. The summed E-state index contributed by atoms with van der Waals surface area (Å²) in [6.07, 6.45) is 14.6. The quantitative estimate of drug-likeness (QED) is 0.227. The van der Waals surface area contributed by atoms with Gasteiger partial charge in [-0.05, 0) is 106 Å². The van der Waals surface area contributed by atoms with Gasteiger partial charge >= 0.3 is 0 Å². The topological polar surface area (TPSA) is 34.1 Å². The first kappa shape index (κ1) is 29.8. The Bertz CT molecular complexity index is 1580. The molecule has 0 aromatic heterocycles. The molecule has 1 atom stereocenters. The maximum absolute atomic E-state index is 11.7. The summed E-state index contributed by atoms with van der Waals surface area (Å²) in [7, 11) is 0. The molecule has 2 nitrogen and oxygen atoms in total. The second kappa shape index (κ2) is 13.5. The lowest BCUT2D eigenvalue weighted by Crippen LogP contribution is -2.09. The van der Waals surface area contributed by atoms with Crippen LogP contribution in [-0.4, -0.2) is 11.6 Å². The third kappa shape index (κ3) is 7.77. The Morgan fingerprint density at radius 3 is 2.00 bits per heavy atom. The number of carbonyl (C=O) groups excluding carboxylic acids is 2. The van der Waals surface area contributed by atoms with Crippen molar-refractivity contribution in [3.63, 3.8) is 0 Å². The predicted octanol–water partition coefficient (Wildman–Crippen LogP) is 10.0. The lowest BCUT2D eigenvalue weighted by Gasteiger charge is -2.25. The van der Waals surface area contributed by atoms with Crippen LogP contribution >= 0.6 is 11.8 Å².